The van der Waals surface area contributed by atoms with Crippen LogP contribution in [0.2, 0.25) is 0 Å². The molecule has 25 heavy (non-hydrogen) atoms. The van der Waals surface area contributed by atoms with E-state index in [0.29, 0.717) is 30.1 Å². The maximum absolute atomic E-state index is 14.9. The van der Waals surface area contributed by atoms with Crippen LogP contribution in [0.25, 0.3) is 11.1 Å². The van der Waals surface area contributed by atoms with Crippen LogP contribution in [0, 0.1) is 11.9 Å². The van der Waals surface area contributed by atoms with Crippen molar-refractivity contribution in [2.24, 2.45) is 5.16 Å². The summed E-state index contributed by atoms with van der Waals surface area (Å²) in [6, 6.07) is 13.4. The van der Waals surface area contributed by atoms with Crippen LogP contribution in [0.3, 0.4) is 0 Å². The number of hydrogen-bond acceptors (Lipinski definition) is 4. The van der Waals surface area contributed by atoms with Gasteiger partial charge in [-0.2, -0.15) is 0 Å². The van der Waals surface area contributed by atoms with Crippen molar-refractivity contribution in [3.8, 4) is 16.9 Å². The molecule has 0 N–H and O–H groups in total. The fraction of sp³-hybridized carbons (Fsp3) is 0.350. The summed E-state index contributed by atoms with van der Waals surface area (Å²) in [6.07, 6.45) is -0.560. The van der Waals surface area contributed by atoms with E-state index in [-0.39, 0.29) is 5.75 Å². The highest BCUT2D eigenvalue weighted by Gasteiger charge is 2.20. The van der Waals surface area contributed by atoms with E-state index in [9.17, 15) is 4.39 Å². The summed E-state index contributed by atoms with van der Waals surface area (Å²) in [5, 5.41) is 3.80. The first kappa shape index (κ1) is 19.1. The average Bonchev–Trinajstić information content (AvgIpc) is 2.61. The molecule has 0 spiro atoms. The molecule has 4 nitrogen and oxygen atoms in total. The number of benzene rings is 2. The van der Waals surface area contributed by atoms with Crippen molar-refractivity contribution in [2.45, 2.75) is 34.0 Å². The summed E-state index contributed by atoms with van der Waals surface area (Å²) in [6.45, 7) is 8.30. The van der Waals surface area contributed by atoms with Crippen molar-refractivity contribution in [2.75, 3.05) is 13.2 Å². The third-order valence-electron chi connectivity index (χ3n) is 3.36. The van der Waals surface area contributed by atoms with Crippen molar-refractivity contribution in [1.29, 1.82) is 0 Å². The van der Waals surface area contributed by atoms with E-state index in [2.05, 4.69) is 11.2 Å². The molecule has 2 rings (SSSR count). The standard InChI is InChI=1S/C20H23FNO3/c1-5-23-20(24-6-2)17-11-8-7-10-15(17)16-12-9-13-18(19(16)21)25-22-14(3)4/h7-12,20H,5-6H2,1-4H3. The molecule has 0 unspecified atom stereocenters. The molecule has 0 aliphatic rings. The van der Waals surface area contributed by atoms with Gasteiger partial charge in [0.15, 0.2) is 12.1 Å². The fourth-order valence-corrected chi connectivity index (χ4v) is 2.35. The Labute approximate surface area is 148 Å². The number of ether oxygens (including phenoxy) is 2. The largest absolute Gasteiger partial charge is 0.353 e. The third-order valence-corrected chi connectivity index (χ3v) is 3.36. The van der Waals surface area contributed by atoms with Gasteiger partial charge in [0.25, 0.3) is 0 Å². The summed E-state index contributed by atoms with van der Waals surface area (Å²) in [5.41, 5.74) is 2.52. The minimum atomic E-state index is -0.560. The van der Waals surface area contributed by atoms with Gasteiger partial charge in [0.1, 0.15) is 0 Å². The first-order chi connectivity index (χ1) is 12.1. The Balaban J connectivity index is 2.48. The molecule has 0 heterocycles. The molecule has 5 heteroatoms. The number of halogens is 1. The highest BCUT2D eigenvalue weighted by molar-refractivity contribution is 5.78. The monoisotopic (exact) mass is 344 g/mol. The van der Waals surface area contributed by atoms with Crippen molar-refractivity contribution in [1.82, 2.24) is 0 Å². The molecule has 133 valence electrons. The van der Waals surface area contributed by atoms with E-state index < -0.39 is 12.1 Å². The lowest BCUT2D eigenvalue weighted by Gasteiger charge is -2.20. The van der Waals surface area contributed by atoms with E-state index in [1.807, 2.05) is 38.1 Å². The van der Waals surface area contributed by atoms with E-state index in [1.54, 1.807) is 26.0 Å². The number of nitrogens with zero attached hydrogens (tertiary/aromatic N) is 1. The van der Waals surface area contributed by atoms with Crippen LogP contribution in [-0.4, -0.2) is 18.9 Å². The van der Waals surface area contributed by atoms with Crippen LogP contribution in [0.1, 0.15) is 39.5 Å². The molecule has 0 amide bonds. The van der Waals surface area contributed by atoms with Gasteiger partial charge in [-0.15, -0.1) is 0 Å². The second-order valence-electron chi connectivity index (χ2n) is 5.49. The first-order valence-corrected chi connectivity index (χ1v) is 8.29. The average molecular weight is 344 g/mol. The zero-order valence-electron chi connectivity index (χ0n) is 15.0. The number of rotatable bonds is 8. The van der Waals surface area contributed by atoms with E-state index in [0.717, 1.165) is 5.56 Å². The fourth-order valence-electron chi connectivity index (χ4n) is 2.35. The molecule has 2 aromatic carbocycles. The highest BCUT2D eigenvalue weighted by Crippen LogP contribution is 2.35. The Hall–Kier alpha value is -2.24. The Morgan fingerprint density at radius 2 is 1.76 bits per heavy atom. The zero-order chi connectivity index (χ0) is 18.2. The molecule has 0 aliphatic heterocycles. The van der Waals surface area contributed by atoms with E-state index in [1.165, 1.54) is 0 Å². The van der Waals surface area contributed by atoms with Gasteiger partial charge in [-0.1, -0.05) is 35.5 Å². The third kappa shape index (κ3) is 4.87. The van der Waals surface area contributed by atoms with Gasteiger partial charge in [-0.25, -0.2) is 4.39 Å². The number of hydrogen-bond donors (Lipinski definition) is 0. The van der Waals surface area contributed by atoms with Gasteiger partial charge >= 0.3 is 0 Å². The van der Waals surface area contributed by atoms with Crippen LogP contribution >= 0.6 is 0 Å². The Morgan fingerprint density at radius 3 is 2.40 bits per heavy atom. The molecule has 0 atom stereocenters. The molecular formula is C20H23FNO3. The molecule has 0 saturated carbocycles. The quantitative estimate of drug-likeness (QED) is 0.378. The molecule has 1 radical (unpaired) electrons. The maximum atomic E-state index is 14.9. The SMILES string of the molecule is CCOC(OCC)c1ccccc1-c1cc[c]c(ON=C(C)C)c1F. The minimum absolute atomic E-state index is 0.0436. The zero-order valence-corrected chi connectivity index (χ0v) is 15.0. The predicted molar refractivity (Wildman–Crippen MR) is 96.1 cm³/mol. The van der Waals surface area contributed by atoms with Crippen LogP contribution in [0.4, 0.5) is 4.39 Å². The summed E-state index contributed by atoms with van der Waals surface area (Å²) in [4.78, 5) is 5.15. The van der Waals surface area contributed by atoms with Gasteiger partial charge in [0.2, 0.25) is 5.75 Å². The van der Waals surface area contributed by atoms with Crippen LogP contribution < -0.4 is 4.84 Å². The first-order valence-electron chi connectivity index (χ1n) is 8.29. The molecule has 0 saturated heterocycles. The lowest BCUT2D eigenvalue weighted by molar-refractivity contribution is -0.139. The Morgan fingerprint density at radius 1 is 1.08 bits per heavy atom. The van der Waals surface area contributed by atoms with Gasteiger partial charge in [0, 0.05) is 30.4 Å². The Bertz CT molecular complexity index is 721. The summed E-state index contributed by atoms with van der Waals surface area (Å²) in [5.74, 6) is -0.565. The van der Waals surface area contributed by atoms with E-state index in [4.69, 9.17) is 14.3 Å². The topological polar surface area (TPSA) is 40.0 Å². The summed E-state index contributed by atoms with van der Waals surface area (Å²) < 4.78 is 26.3. The minimum Gasteiger partial charge on any atom is -0.353 e. The molecule has 0 fully saturated rings. The predicted octanol–water partition coefficient (Wildman–Crippen LogP) is 5.14. The van der Waals surface area contributed by atoms with Crippen molar-refractivity contribution in [3.63, 3.8) is 0 Å². The van der Waals surface area contributed by atoms with Gasteiger partial charge < -0.3 is 14.3 Å². The van der Waals surface area contributed by atoms with Crippen molar-refractivity contribution < 1.29 is 18.7 Å². The normalized spacial score (nSPS) is 10.8. The molecular weight excluding hydrogens is 321 g/mol. The van der Waals surface area contributed by atoms with Gasteiger partial charge in [-0.05, 0) is 39.3 Å². The molecule has 0 aliphatic carbocycles. The summed E-state index contributed by atoms with van der Waals surface area (Å²) >= 11 is 0. The lowest BCUT2D eigenvalue weighted by Crippen LogP contribution is -2.10. The smallest absolute Gasteiger partial charge is 0.202 e. The maximum Gasteiger partial charge on any atom is 0.202 e. The molecule has 2 aromatic rings. The highest BCUT2D eigenvalue weighted by atomic mass is 19.1. The van der Waals surface area contributed by atoms with Gasteiger partial charge in [-0.3, -0.25) is 0 Å². The van der Waals surface area contributed by atoms with Crippen LogP contribution in [-0.2, 0) is 9.47 Å². The van der Waals surface area contributed by atoms with Gasteiger partial charge in [0.05, 0.1) is 5.71 Å². The van der Waals surface area contributed by atoms with Crippen LogP contribution in [0.5, 0.6) is 5.75 Å². The number of oxime groups is 1. The van der Waals surface area contributed by atoms with Crippen molar-refractivity contribution >= 4 is 5.71 Å². The lowest BCUT2D eigenvalue weighted by atomic mass is 9.98. The summed E-state index contributed by atoms with van der Waals surface area (Å²) in [7, 11) is 0. The van der Waals surface area contributed by atoms with Crippen molar-refractivity contribution in [3.05, 3.63) is 53.8 Å². The molecule has 0 aromatic heterocycles. The van der Waals surface area contributed by atoms with E-state index >= 15 is 0 Å². The second-order valence-corrected chi connectivity index (χ2v) is 5.49. The molecule has 0 bridgehead atoms. The van der Waals surface area contributed by atoms with Crippen LogP contribution in [0.15, 0.2) is 41.6 Å². The Kier molecular flexibility index (Phi) is 7.10. The second kappa shape index (κ2) is 9.30.